The van der Waals surface area contributed by atoms with E-state index in [0.717, 1.165) is 24.0 Å². The van der Waals surface area contributed by atoms with E-state index in [4.69, 9.17) is 27.6 Å². The Kier molecular flexibility index (Phi) is 6.93. The summed E-state index contributed by atoms with van der Waals surface area (Å²) >= 11 is 14.4. The zero-order chi connectivity index (χ0) is 22.8. The standard InChI is InChI=1S/C24H24Cl2N2O3S/c1-3-15(2)28(24(30)20-5-4-11-31-20)14-22(29)27-10-8-21-18(9-12-32-21)23(27)17-7-6-16(25)13-19(17)26/h4-7,9,11-13,15,23H,3,8,10,14H2,1-2H3. The number of rotatable bonds is 6. The van der Waals surface area contributed by atoms with Crippen molar-refractivity contribution in [3.8, 4) is 0 Å². The highest BCUT2D eigenvalue weighted by Gasteiger charge is 2.36. The van der Waals surface area contributed by atoms with Gasteiger partial charge in [0.1, 0.15) is 6.54 Å². The number of halogens is 2. The lowest BCUT2D eigenvalue weighted by atomic mass is 9.93. The molecule has 1 aromatic carbocycles. The highest BCUT2D eigenvalue weighted by Crippen LogP contribution is 2.41. The molecule has 32 heavy (non-hydrogen) atoms. The molecule has 0 N–H and O–H groups in total. The molecule has 0 aliphatic carbocycles. The van der Waals surface area contributed by atoms with Crippen LogP contribution in [0.2, 0.25) is 10.0 Å². The topological polar surface area (TPSA) is 53.8 Å². The maximum absolute atomic E-state index is 13.6. The third-order valence-electron chi connectivity index (χ3n) is 5.96. The van der Waals surface area contributed by atoms with Crippen molar-refractivity contribution in [1.82, 2.24) is 9.80 Å². The van der Waals surface area contributed by atoms with Crippen LogP contribution in [0.5, 0.6) is 0 Å². The number of carbonyl (C=O) groups is 2. The summed E-state index contributed by atoms with van der Waals surface area (Å²) in [6, 6.07) is 10.3. The van der Waals surface area contributed by atoms with Crippen LogP contribution in [0.4, 0.5) is 0 Å². The molecule has 3 heterocycles. The molecule has 4 rings (SSSR count). The number of hydrogen-bond acceptors (Lipinski definition) is 4. The van der Waals surface area contributed by atoms with Gasteiger partial charge >= 0.3 is 0 Å². The Labute approximate surface area is 201 Å². The van der Waals surface area contributed by atoms with Crippen molar-refractivity contribution < 1.29 is 14.0 Å². The van der Waals surface area contributed by atoms with E-state index >= 15 is 0 Å². The summed E-state index contributed by atoms with van der Waals surface area (Å²) in [5.41, 5.74) is 1.91. The minimum Gasteiger partial charge on any atom is -0.459 e. The van der Waals surface area contributed by atoms with Crippen molar-refractivity contribution in [3.63, 3.8) is 0 Å². The average molecular weight is 491 g/mol. The molecule has 0 bridgehead atoms. The van der Waals surface area contributed by atoms with Crippen LogP contribution in [0.15, 0.2) is 52.5 Å². The maximum Gasteiger partial charge on any atom is 0.290 e. The summed E-state index contributed by atoms with van der Waals surface area (Å²) in [4.78, 5) is 31.3. The van der Waals surface area contributed by atoms with Crippen LogP contribution in [0.25, 0.3) is 0 Å². The SMILES string of the molecule is CCC(C)N(CC(=O)N1CCc2sccc2C1c1ccc(Cl)cc1Cl)C(=O)c1ccco1. The van der Waals surface area contributed by atoms with Gasteiger partial charge in [0.2, 0.25) is 5.91 Å². The lowest BCUT2D eigenvalue weighted by molar-refractivity contribution is -0.134. The predicted octanol–water partition coefficient (Wildman–Crippen LogP) is 6.06. The Morgan fingerprint density at radius 1 is 1.25 bits per heavy atom. The van der Waals surface area contributed by atoms with Crippen molar-refractivity contribution in [2.24, 2.45) is 0 Å². The Morgan fingerprint density at radius 3 is 2.75 bits per heavy atom. The van der Waals surface area contributed by atoms with Gasteiger partial charge in [0, 0.05) is 27.5 Å². The van der Waals surface area contributed by atoms with Crippen molar-refractivity contribution >= 4 is 46.4 Å². The van der Waals surface area contributed by atoms with Gasteiger partial charge < -0.3 is 14.2 Å². The first-order chi connectivity index (χ1) is 15.4. The van der Waals surface area contributed by atoms with Crippen LogP contribution in [0.1, 0.15) is 52.9 Å². The highest BCUT2D eigenvalue weighted by atomic mass is 35.5. The zero-order valence-electron chi connectivity index (χ0n) is 17.9. The van der Waals surface area contributed by atoms with E-state index in [1.165, 1.54) is 11.1 Å². The summed E-state index contributed by atoms with van der Waals surface area (Å²) in [5.74, 6) is -0.181. The number of benzene rings is 1. The smallest absolute Gasteiger partial charge is 0.290 e. The molecule has 0 fully saturated rings. The molecule has 1 aliphatic heterocycles. The third-order valence-corrected chi connectivity index (χ3v) is 7.52. The Bertz CT molecular complexity index is 1110. The Hall–Kier alpha value is -2.28. The number of nitrogens with zero attached hydrogens (tertiary/aromatic N) is 2. The zero-order valence-corrected chi connectivity index (χ0v) is 20.2. The normalized spacial score (nSPS) is 16.5. The fourth-order valence-electron chi connectivity index (χ4n) is 4.07. The number of thiophene rings is 1. The van der Waals surface area contributed by atoms with E-state index in [9.17, 15) is 9.59 Å². The van der Waals surface area contributed by atoms with E-state index in [1.54, 1.807) is 40.5 Å². The quantitative estimate of drug-likeness (QED) is 0.421. The fourth-order valence-corrected chi connectivity index (χ4v) is 5.49. The molecular weight excluding hydrogens is 467 g/mol. The van der Waals surface area contributed by atoms with Crippen molar-refractivity contribution in [3.05, 3.63) is 79.9 Å². The van der Waals surface area contributed by atoms with Gasteiger partial charge in [-0.15, -0.1) is 11.3 Å². The number of amides is 2. The summed E-state index contributed by atoms with van der Waals surface area (Å²) in [5, 5.41) is 3.11. The first-order valence-corrected chi connectivity index (χ1v) is 12.2. The fraction of sp³-hybridized carbons (Fsp3) is 0.333. The van der Waals surface area contributed by atoms with Crippen LogP contribution in [-0.2, 0) is 11.2 Å². The first kappa shape index (κ1) is 22.9. The second-order valence-corrected chi connectivity index (χ2v) is 9.72. The predicted molar refractivity (Wildman–Crippen MR) is 128 cm³/mol. The minimum atomic E-state index is -0.320. The molecule has 8 heteroatoms. The number of hydrogen-bond donors (Lipinski definition) is 0. The van der Waals surface area contributed by atoms with Gasteiger partial charge in [0.15, 0.2) is 5.76 Å². The van der Waals surface area contributed by atoms with Crippen LogP contribution < -0.4 is 0 Å². The van der Waals surface area contributed by atoms with Gasteiger partial charge in [-0.3, -0.25) is 9.59 Å². The second kappa shape index (κ2) is 9.69. The Balaban J connectivity index is 1.67. The Morgan fingerprint density at radius 2 is 2.06 bits per heavy atom. The molecular formula is C24H24Cl2N2O3S. The summed E-state index contributed by atoms with van der Waals surface area (Å²) in [6.45, 7) is 4.45. The summed E-state index contributed by atoms with van der Waals surface area (Å²) < 4.78 is 5.31. The average Bonchev–Trinajstić information content (AvgIpc) is 3.48. The van der Waals surface area contributed by atoms with Gasteiger partial charge in [-0.1, -0.05) is 36.2 Å². The monoisotopic (exact) mass is 490 g/mol. The van der Waals surface area contributed by atoms with Gasteiger partial charge in [0.25, 0.3) is 5.91 Å². The van der Waals surface area contributed by atoms with Crippen LogP contribution in [0.3, 0.4) is 0 Å². The van der Waals surface area contributed by atoms with Crippen molar-refractivity contribution in [1.29, 1.82) is 0 Å². The van der Waals surface area contributed by atoms with E-state index in [1.807, 2.05) is 30.2 Å². The lowest BCUT2D eigenvalue weighted by Crippen LogP contribution is -2.49. The third kappa shape index (κ3) is 4.45. The molecule has 2 amide bonds. The van der Waals surface area contributed by atoms with Crippen LogP contribution >= 0.6 is 34.5 Å². The number of carbonyl (C=O) groups excluding carboxylic acids is 2. The molecule has 5 nitrogen and oxygen atoms in total. The molecule has 0 radical (unpaired) electrons. The van der Waals surface area contributed by atoms with Gasteiger partial charge in [-0.2, -0.15) is 0 Å². The molecule has 2 aromatic heterocycles. The number of furan rings is 1. The first-order valence-electron chi connectivity index (χ1n) is 10.6. The molecule has 0 saturated carbocycles. The van der Waals surface area contributed by atoms with E-state index in [0.29, 0.717) is 16.6 Å². The van der Waals surface area contributed by atoms with Gasteiger partial charge in [-0.05, 0) is 66.6 Å². The maximum atomic E-state index is 13.6. The molecule has 2 unspecified atom stereocenters. The molecule has 168 valence electrons. The van der Waals surface area contributed by atoms with Crippen molar-refractivity contribution in [2.45, 2.75) is 38.8 Å². The lowest BCUT2D eigenvalue weighted by Gasteiger charge is -2.38. The highest BCUT2D eigenvalue weighted by molar-refractivity contribution is 7.10. The summed E-state index contributed by atoms with van der Waals surface area (Å²) in [6.07, 6.45) is 2.96. The second-order valence-electron chi connectivity index (χ2n) is 7.87. The molecule has 2 atom stereocenters. The minimum absolute atomic E-state index is 0.0320. The largest absolute Gasteiger partial charge is 0.459 e. The van der Waals surface area contributed by atoms with Gasteiger partial charge in [0.05, 0.1) is 12.3 Å². The number of fused-ring (bicyclic) bond motifs is 1. The van der Waals surface area contributed by atoms with Crippen LogP contribution in [0, 0.1) is 0 Å². The van der Waals surface area contributed by atoms with E-state index < -0.39 is 0 Å². The summed E-state index contributed by atoms with van der Waals surface area (Å²) in [7, 11) is 0. The van der Waals surface area contributed by atoms with E-state index in [2.05, 4.69) is 6.07 Å². The van der Waals surface area contributed by atoms with E-state index in [-0.39, 0.29) is 36.2 Å². The van der Waals surface area contributed by atoms with Crippen molar-refractivity contribution in [2.75, 3.05) is 13.1 Å². The van der Waals surface area contributed by atoms with Crippen LogP contribution in [-0.4, -0.2) is 40.7 Å². The van der Waals surface area contributed by atoms with Gasteiger partial charge in [-0.25, -0.2) is 0 Å². The molecule has 1 aliphatic rings. The molecule has 3 aromatic rings. The molecule has 0 spiro atoms. The molecule has 0 saturated heterocycles.